The first-order chi connectivity index (χ1) is 8.27. The van der Waals surface area contributed by atoms with Crippen molar-refractivity contribution in [2.75, 3.05) is 18.9 Å². The summed E-state index contributed by atoms with van der Waals surface area (Å²) in [7, 11) is 0. The van der Waals surface area contributed by atoms with E-state index in [9.17, 15) is 0 Å². The van der Waals surface area contributed by atoms with Gasteiger partial charge in [-0.2, -0.15) is 0 Å². The van der Waals surface area contributed by atoms with Gasteiger partial charge in [0.25, 0.3) is 0 Å². The topological polar surface area (TPSA) is 45.2 Å². The number of aromatic nitrogens is 1. The van der Waals surface area contributed by atoms with Crippen LogP contribution in [0.2, 0.25) is 0 Å². The zero-order valence-electron chi connectivity index (χ0n) is 10.6. The summed E-state index contributed by atoms with van der Waals surface area (Å²) in [5, 5.41) is 13.5. The van der Waals surface area contributed by atoms with E-state index < -0.39 is 0 Å². The Morgan fingerprint density at radius 2 is 2.35 bits per heavy atom. The number of rotatable bonds is 8. The highest BCUT2D eigenvalue weighted by atomic mass is 32.2. The van der Waals surface area contributed by atoms with E-state index in [2.05, 4.69) is 23.3 Å². The van der Waals surface area contributed by atoms with Gasteiger partial charge in [0, 0.05) is 25.1 Å². The van der Waals surface area contributed by atoms with E-state index >= 15 is 0 Å². The summed E-state index contributed by atoms with van der Waals surface area (Å²) in [5.41, 5.74) is 1.25. The summed E-state index contributed by atoms with van der Waals surface area (Å²) in [5.74, 6) is 1.23. The van der Waals surface area contributed by atoms with Crippen LogP contribution >= 0.6 is 11.8 Å². The van der Waals surface area contributed by atoms with Crippen molar-refractivity contribution in [3.63, 3.8) is 0 Å². The number of aliphatic hydroxyl groups is 1. The Bertz CT molecular complexity index is 320. The molecule has 0 amide bonds. The maximum atomic E-state index is 9.01. The zero-order valence-corrected chi connectivity index (χ0v) is 11.5. The van der Waals surface area contributed by atoms with E-state index in [4.69, 9.17) is 5.11 Å². The van der Waals surface area contributed by atoms with Crippen LogP contribution in [0, 0.1) is 5.92 Å². The summed E-state index contributed by atoms with van der Waals surface area (Å²) >= 11 is 1.73. The predicted molar refractivity (Wildman–Crippen MR) is 73.2 cm³/mol. The molecule has 0 aliphatic heterocycles. The predicted octanol–water partition coefficient (Wildman–Crippen LogP) is 2.30. The number of aliphatic hydroxyl groups excluding tert-OH is 1. The molecule has 0 saturated heterocycles. The molecule has 0 radical (unpaired) electrons. The molecule has 2 N–H and O–H groups in total. The van der Waals surface area contributed by atoms with Gasteiger partial charge in [0.15, 0.2) is 0 Å². The number of thioether (sulfide) groups is 1. The minimum Gasteiger partial charge on any atom is -0.396 e. The molecule has 0 bridgehead atoms. The Morgan fingerprint density at radius 1 is 1.53 bits per heavy atom. The molecule has 1 aromatic rings. The van der Waals surface area contributed by atoms with E-state index in [1.54, 1.807) is 11.8 Å². The molecule has 0 fully saturated rings. The van der Waals surface area contributed by atoms with Gasteiger partial charge in [0.1, 0.15) is 5.03 Å². The Balaban J connectivity index is 2.51. The lowest BCUT2D eigenvalue weighted by Crippen LogP contribution is -2.15. The van der Waals surface area contributed by atoms with Gasteiger partial charge in [-0.15, -0.1) is 11.8 Å². The van der Waals surface area contributed by atoms with E-state index in [0.29, 0.717) is 5.92 Å². The second-order valence-electron chi connectivity index (χ2n) is 4.24. The highest BCUT2D eigenvalue weighted by Gasteiger charge is 2.06. The van der Waals surface area contributed by atoms with Crippen LogP contribution in [-0.2, 0) is 6.54 Å². The van der Waals surface area contributed by atoms with Gasteiger partial charge in [-0.05, 0) is 30.5 Å². The molecule has 1 heterocycles. The molecule has 0 aliphatic carbocycles. The second kappa shape index (κ2) is 8.50. The van der Waals surface area contributed by atoms with Crippen LogP contribution in [0.15, 0.2) is 23.4 Å². The fourth-order valence-corrected chi connectivity index (χ4v) is 2.37. The summed E-state index contributed by atoms with van der Waals surface area (Å²) in [6, 6.07) is 4.09. The van der Waals surface area contributed by atoms with Crippen LogP contribution in [0.25, 0.3) is 0 Å². The largest absolute Gasteiger partial charge is 0.396 e. The van der Waals surface area contributed by atoms with E-state index in [1.165, 1.54) is 5.56 Å². The summed E-state index contributed by atoms with van der Waals surface area (Å²) in [6.45, 7) is 6.35. The first kappa shape index (κ1) is 14.5. The van der Waals surface area contributed by atoms with Crippen LogP contribution in [0.4, 0.5) is 0 Å². The number of nitrogens with one attached hydrogen (secondary N) is 1. The second-order valence-corrected chi connectivity index (χ2v) is 5.25. The molecule has 96 valence electrons. The Morgan fingerprint density at radius 3 is 3.06 bits per heavy atom. The molecule has 17 heavy (non-hydrogen) atoms. The van der Waals surface area contributed by atoms with Crippen LogP contribution in [0.3, 0.4) is 0 Å². The van der Waals surface area contributed by atoms with Gasteiger partial charge in [0.05, 0.1) is 0 Å². The van der Waals surface area contributed by atoms with E-state index in [0.717, 1.165) is 30.3 Å². The summed E-state index contributed by atoms with van der Waals surface area (Å²) < 4.78 is 0. The molecular weight excluding hydrogens is 232 g/mol. The number of pyridine rings is 1. The summed E-state index contributed by atoms with van der Waals surface area (Å²) in [4.78, 5) is 4.41. The average molecular weight is 254 g/mol. The quantitative estimate of drug-likeness (QED) is 0.552. The maximum Gasteiger partial charge on any atom is 0.100 e. The van der Waals surface area contributed by atoms with Gasteiger partial charge >= 0.3 is 0 Å². The lowest BCUT2D eigenvalue weighted by molar-refractivity contribution is 0.250. The minimum atomic E-state index is 0.239. The van der Waals surface area contributed by atoms with Crippen molar-refractivity contribution in [3.8, 4) is 0 Å². The van der Waals surface area contributed by atoms with E-state index in [-0.39, 0.29) is 6.61 Å². The molecule has 1 rings (SSSR count). The lowest BCUT2D eigenvalue weighted by Gasteiger charge is -2.11. The van der Waals surface area contributed by atoms with Gasteiger partial charge in [-0.3, -0.25) is 0 Å². The molecule has 3 nitrogen and oxygen atoms in total. The van der Waals surface area contributed by atoms with Gasteiger partial charge in [-0.1, -0.05) is 19.9 Å². The molecule has 0 aromatic carbocycles. The molecule has 4 heteroatoms. The third-order valence-electron chi connectivity index (χ3n) is 2.41. The van der Waals surface area contributed by atoms with Crippen molar-refractivity contribution < 1.29 is 5.11 Å². The van der Waals surface area contributed by atoms with Gasteiger partial charge < -0.3 is 10.4 Å². The number of hydrogen-bond acceptors (Lipinski definition) is 4. The van der Waals surface area contributed by atoms with Crippen molar-refractivity contribution in [2.24, 2.45) is 5.92 Å². The van der Waals surface area contributed by atoms with Crippen molar-refractivity contribution in [2.45, 2.75) is 31.8 Å². The first-order valence-corrected chi connectivity index (χ1v) is 7.14. The van der Waals surface area contributed by atoms with Crippen molar-refractivity contribution in [3.05, 3.63) is 23.9 Å². The van der Waals surface area contributed by atoms with Crippen LogP contribution in [-0.4, -0.2) is 29.0 Å². The van der Waals surface area contributed by atoms with Crippen LogP contribution in [0.1, 0.15) is 25.8 Å². The fraction of sp³-hybridized carbons (Fsp3) is 0.615. The molecule has 0 spiro atoms. The third kappa shape index (κ3) is 5.52. The summed E-state index contributed by atoms with van der Waals surface area (Å²) in [6.07, 6.45) is 2.97. The van der Waals surface area contributed by atoms with Crippen molar-refractivity contribution in [1.29, 1.82) is 0 Å². The highest BCUT2D eigenvalue weighted by Crippen LogP contribution is 2.22. The smallest absolute Gasteiger partial charge is 0.100 e. The van der Waals surface area contributed by atoms with E-state index in [1.807, 2.05) is 19.2 Å². The molecule has 1 atom stereocenters. The fourth-order valence-electron chi connectivity index (χ4n) is 1.36. The molecular formula is C13H22N2OS. The average Bonchev–Trinajstić information content (AvgIpc) is 2.37. The zero-order chi connectivity index (χ0) is 12.5. The molecule has 0 saturated carbocycles. The molecule has 0 aliphatic rings. The van der Waals surface area contributed by atoms with Gasteiger partial charge in [0.2, 0.25) is 0 Å². The van der Waals surface area contributed by atoms with Gasteiger partial charge in [-0.25, -0.2) is 4.98 Å². The van der Waals surface area contributed by atoms with Crippen molar-refractivity contribution >= 4 is 11.8 Å². The Kier molecular flexibility index (Phi) is 7.24. The normalized spacial score (nSPS) is 12.6. The molecule has 1 aromatic heterocycles. The number of nitrogens with zero attached hydrogens (tertiary/aromatic N) is 1. The Hall–Kier alpha value is -0.580. The number of hydrogen-bond donors (Lipinski definition) is 2. The monoisotopic (exact) mass is 254 g/mol. The maximum absolute atomic E-state index is 9.01. The first-order valence-electron chi connectivity index (χ1n) is 6.16. The standard InChI is InChI=1S/C13H22N2OS/c1-3-6-14-8-12-5-4-7-15-13(12)17-10-11(2)9-16/h4-5,7,11,14,16H,3,6,8-10H2,1-2H3. The molecule has 1 unspecified atom stereocenters. The van der Waals surface area contributed by atoms with Crippen molar-refractivity contribution in [1.82, 2.24) is 10.3 Å². The van der Waals surface area contributed by atoms with Crippen LogP contribution < -0.4 is 5.32 Å². The Labute approximate surface area is 108 Å². The van der Waals surface area contributed by atoms with Crippen LogP contribution in [0.5, 0.6) is 0 Å². The highest BCUT2D eigenvalue weighted by molar-refractivity contribution is 7.99. The SMILES string of the molecule is CCCNCc1cccnc1SCC(C)CO. The minimum absolute atomic E-state index is 0.239. The third-order valence-corrected chi connectivity index (χ3v) is 3.79. The lowest BCUT2D eigenvalue weighted by atomic mass is 10.2.